The van der Waals surface area contributed by atoms with Crippen LogP contribution in [0.25, 0.3) is 22.7 Å². The molecule has 0 aliphatic carbocycles. The molecule has 94 valence electrons. The lowest BCUT2D eigenvalue weighted by atomic mass is 10.1. The maximum atomic E-state index is 10.8. The topological polar surface area (TPSA) is 92.0 Å². The number of aromatic amines is 1. The summed E-state index contributed by atoms with van der Waals surface area (Å²) in [4.78, 5) is 14.9. The zero-order valence-corrected chi connectivity index (χ0v) is 9.70. The van der Waals surface area contributed by atoms with Crippen LogP contribution in [0.5, 0.6) is 0 Å². The monoisotopic (exact) mass is 255 g/mol. The van der Waals surface area contributed by atoms with Gasteiger partial charge >= 0.3 is 5.97 Å². The second-order valence-corrected chi connectivity index (χ2v) is 3.89. The predicted octanol–water partition coefficient (Wildman–Crippen LogP) is 2.43. The average molecular weight is 255 g/mol. The van der Waals surface area contributed by atoms with Crippen molar-refractivity contribution < 1.29 is 14.3 Å². The van der Waals surface area contributed by atoms with Gasteiger partial charge in [0.25, 0.3) is 0 Å². The molecule has 0 fully saturated rings. The van der Waals surface area contributed by atoms with Gasteiger partial charge in [-0.05, 0) is 18.2 Å². The first-order valence-corrected chi connectivity index (χ1v) is 5.53. The van der Waals surface area contributed by atoms with E-state index in [1.807, 2.05) is 24.3 Å². The van der Waals surface area contributed by atoms with Crippen LogP contribution in [0.15, 0.2) is 47.2 Å². The molecule has 19 heavy (non-hydrogen) atoms. The lowest BCUT2D eigenvalue weighted by Gasteiger charge is -1.99. The number of aromatic nitrogens is 3. The number of hydrogen-bond acceptors (Lipinski definition) is 4. The largest absolute Gasteiger partial charge is 0.477 e. The number of nitrogens with zero attached hydrogens (tertiary/aromatic N) is 2. The fraction of sp³-hybridized carbons (Fsp3) is 0. The fourth-order valence-electron chi connectivity index (χ4n) is 1.76. The Morgan fingerprint density at radius 2 is 2.11 bits per heavy atom. The van der Waals surface area contributed by atoms with Crippen LogP contribution >= 0.6 is 0 Å². The molecule has 2 N–H and O–H groups in total. The van der Waals surface area contributed by atoms with Gasteiger partial charge < -0.3 is 9.52 Å². The van der Waals surface area contributed by atoms with Crippen molar-refractivity contribution in [2.45, 2.75) is 0 Å². The van der Waals surface area contributed by atoms with Crippen molar-refractivity contribution in [3.05, 3.63) is 48.5 Å². The first-order chi connectivity index (χ1) is 9.24. The summed E-state index contributed by atoms with van der Waals surface area (Å²) in [6, 6.07) is 8.86. The fourth-order valence-corrected chi connectivity index (χ4v) is 1.76. The van der Waals surface area contributed by atoms with E-state index in [0.717, 1.165) is 11.1 Å². The Kier molecular flexibility index (Phi) is 2.60. The summed E-state index contributed by atoms with van der Waals surface area (Å²) in [5.41, 5.74) is 2.21. The summed E-state index contributed by atoms with van der Waals surface area (Å²) in [7, 11) is 0. The highest BCUT2D eigenvalue weighted by Crippen LogP contribution is 2.24. The lowest BCUT2D eigenvalue weighted by Crippen LogP contribution is -1.95. The molecule has 0 aliphatic heterocycles. The minimum atomic E-state index is -1.04. The van der Waals surface area contributed by atoms with Crippen molar-refractivity contribution in [1.82, 2.24) is 15.2 Å². The molecule has 0 amide bonds. The maximum Gasteiger partial charge on any atom is 0.353 e. The Bertz CT molecular complexity index is 716. The van der Waals surface area contributed by atoms with E-state index in [1.54, 1.807) is 6.20 Å². The third-order valence-corrected chi connectivity index (χ3v) is 2.65. The molecule has 0 spiro atoms. The Morgan fingerprint density at radius 3 is 2.79 bits per heavy atom. The number of hydrogen-bond donors (Lipinski definition) is 2. The van der Waals surface area contributed by atoms with Gasteiger partial charge in [-0.2, -0.15) is 5.10 Å². The molecular formula is C13H9N3O3. The van der Waals surface area contributed by atoms with E-state index in [4.69, 9.17) is 9.52 Å². The molecule has 0 atom stereocenters. The van der Waals surface area contributed by atoms with Crippen LogP contribution in [0.4, 0.5) is 0 Å². The van der Waals surface area contributed by atoms with Gasteiger partial charge in [-0.25, -0.2) is 9.78 Å². The van der Waals surface area contributed by atoms with E-state index in [-0.39, 0.29) is 5.69 Å². The SMILES string of the molecule is O=C(O)c1cc(-c2cccc(-c3ncco3)c2)n[nH]1. The van der Waals surface area contributed by atoms with E-state index in [1.165, 1.54) is 12.3 Å². The van der Waals surface area contributed by atoms with E-state index in [0.29, 0.717) is 11.6 Å². The van der Waals surface area contributed by atoms with Crippen LogP contribution in [-0.2, 0) is 0 Å². The molecule has 0 aliphatic rings. The molecule has 3 rings (SSSR count). The normalized spacial score (nSPS) is 10.5. The number of rotatable bonds is 3. The predicted molar refractivity (Wildman–Crippen MR) is 66.5 cm³/mol. The van der Waals surface area contributed by atoms with Crippen LogP contribution in [-0.4, -0.2) is 26.3 Å². The van der Waals surface area contributed by atoms with Crippen molar-refractivity contribution in [3.8, 4) is 22.7 Å². The number of H-pyrrole nitrogens is 1. The number of carboxylic acid groups (broad SMARTS) is 1. The number of aromatic carboxylic acids is 1. The Balaban J connectivity index is 2.01. The maximum absolute atomic E-state index is 10.8. The Morgan fingerprint density at radius 1 is 1.26 bits per heavy atom. The zero-order chi connectivity index (χ0) is 13.2. The van der Waals surface area contributed by atoms with E-state index < -0.39 is 5.97 Å². The van der Waals surface area contributed by atoms with E-state index in [9.17, 15) is 4.79 Å². The number of carboxylic acids is 1. The van der Waals surface area contributed by atoms with Gasteiger partial charge in [-0.1, -0.05) is 12.1 Å². The first kappa shape index (κ1) is 11.2. The quantitative estimate of drug-likeness (QED) is 0.749. The molecule has 0 saturated heterocycles. The van der Waals surface area contributed by atoms with Crippen LogP contribution in [0.1, 0.15) is 10.5 Å². The highest BCUT2D eigenvalue weighted by atomic mass is 16.4. The lowest BCUT2D eigenvalue weighted by molar-refractivity contribution is 0.0690. The van der Waals surface area contributed by atoms with Crippen molar-refractivity contribution in [3.63, 3.8) is 0 Å². The third-order valence-electron chi connectivity index (χ3n) is 2.65. The van der Waals surface area contributed by atoms with Gasteiger partial charge in [0.05, 0.1) is 11.9 Å². The molecule has 3 aromatic rings. The molecule has 6 heteroatoms. The average Bonchev–Trinajstić information content (AvgIpc) is 3.10. The summed E-state index contributed by atoms with van der Waals surface area (Å²) >= 11 is 0. The van der Waals surface area contributed by atoms with Crippen molar-refractivity contribution in [2.75, 3.05) is 0 Å². The molecule has 0 bridgehead atoms. The van der Waals surface area contributed by atoms with Crippen molar-refractivity contribution >= 4 is 5.97 Å². The van der Waals surface area contributed by atoms with Crippen LogP contribution < -0.4 is 0 Å². The summed E-state index contributed by atoms with van der Waals surface area (Å²) in [6.07, 6.45) is 3.07. The zero-order valence-electron chi connectivity index (χ0n) is 9.70. The summed E-state index contributed by atoms with van der Waals surface area (Å²) < 4.78 is 5.22. The van der Waals surface area contributed by atoms with Gasteiger partial charge in [-0.3, -0.25) is 5.10 Å². The van der Waals surface area contributed by atoms with E-state index >= 15 is 0 Å². The summed E-state index contributed by atoms with van der Waals surface area (Å²) in [5.74, 6) is -0.529. The van der Waals surface area contributed by atoms with Crippen molar-refractivity contribution in [1.29, 1.82) is 0 Å². The molecule has 6 nitrogen and oxygen atoms in total. The van der Waals surface area contributed by atoms with Gasteiger partial charge in [-0.15, -0.1) is 0 Å². The number of oxazole rings is 1. The second-order valence-electron chi connectivity index (χ2n) is 3.89. The molecule has 2 heterocycles. The standard InChI is InChI=1S/C13H9N3O3/c17-13(18)11-7-10(15-16-11)8-2-1-3-9(6-8)12-14-4-5-19-12/h1-7H,(H,15,16)(H,17,18). The molecule has 2 aromatic heterocycles. The minimum Gasteiger partial charge on any atom is -0.477 e. The van der Waals surface area contributed by atoms with Gasteiger partial charge in [0, 0.05) is 11.1 Å². The molecule has 0 saturated carbocycles. The second kappa shape index (κ2) is 4.41. The van der Waals surface area contributed by atoms with Crippen LogP contribution in [0.3, 0.4) is 0 Å². The Hall–Kier alpha value is -2.89. The molecule has 0 radical (unpaired) electrons. The van der Waals surface area contributed by atoms with Gasteiger partial charge in [0.15, 0.2) is 0 Å². The van der Waals surface area contributed by atoms with E-state index in [2.05, 4.69) is 15.2 Å². The number of benzene rings is 1. The molecule has 1 aromatic carbocycles. The first-order valence-electron chi connectivity index (χ1n) is 5.53. The van der Waals surface area contributed by atoms with Crippen LogP contribution in [0, 0.1) is 0 Å². The number of nitrogens with one attached hydrogen (secondary N) is 1. The van der Waals surface area contributed by atoms with Crippen LogP contribution in [0.2, 0.25) is 0 Å². The third kappa shape index (κ3) is 2.11. The number of carbonyl (C=O) groups is 1. The van der Waals surface area contributed by atoms with Gasteiger partial charge in [0.2, 0.25) is 5.89 Å². The Labute approximate surface area is 107 Å². The smallest absolute Gasteiger partial charge is 0.353 e. The highest BCUT2D eigenvalue weighted by Gasteiger charge is 2.10. The minimum absolute atomic E-state index is 0.0523. The summed E-state index contributed by atoms with van der Waals surface area (Å²) in [5, 5.41) is 15.3. The molecule has 0 unspecified atom stereocenters. The summed E-state index contributed by atoms with van der Waals surface area (Å²) in [6.45, 7) is 0. The molecular weight excluding hydrogens is 246 g/mol. The highest BCUT2D eigenvalue weighted by molar-refractivity contribution is 5.87. The van der Waals surface area contributed by atoms with Crippen molar-refractivity contribution in [2.24, 2.45) is 0 Å². The van der Waals surface area contributed by atoms with Gasteiger partial charge in [0.1, 0.15) is 12.0 Å².